The van der Waals surface area contributed by atoms with Gasteiger partial charge >= 0.3 is 0 Å². The van der Waals surface area contributed by atoms with Gasteiger partial charge in [0.2, 0.25) is 0 Å². The van der Waals surface area contributed by atoms with Crippen molar-refractivity contribution < 1.29 is 9.18 Å². The largest absolute Gasteiger partial charge is 0.340 e. The van der Waals surface area contributed by atoms with Crippen LogP contribution in [0.15, 0.2) is 40.9 Å². The van der Waals surface area contributed by atoms with Crippen molar-refractivity contribution in [2.24, 2.45) is 7.05 Å². The number of aryl methyl sites for hydroxylation is 1. The number of carbonyl (C=O) groups is 1. The van der Waals surface area contributed by atoms with Gasteiger partial charge in [-0.25, -0.2) is 4.39 Å². The summed E-state index contributed by atoms with van der Waals surface area (Å²) >= 11 is 9.24. The molecule has 3 nitrogen and oxygen atoms in total. The van der Waals surface area contributed by atoms with E-state index in [-0.39, 0.29) is 11.6 Å². The number of fused-ring (bicyclic) bond motifs is 1. The predicted octanol–water partition coefficient (Wildman–Crippen LogP) is 5.29. The van der Waals surface area contributed by atoms with Crippen LogP contribution in [0.3, 0.4) is 0 Å². The molecule has 2 aromatic carbocycles. The first-order valence-corrected chi connectivity index (χ1v) is 8.06. The minimum atomic E-state index is -0.450. The average Bonchev–Trinajstić information content (AvgIpc) is 2.84. The SMILES string of the molecule is Cc1c(Br)ccc(NC(=O)c2cc3cc(Cl)ccc3n2C)c1F. The smallest absolute Gasteiger partial charge is 0.272 e. The topological polar surface area (TPSA) is 34.0 Å². The van der Waals surface area contributed by atoms with Gasteiger partial charge in [-0.2, -0.15) is 0 Å². The number of hydrogen-bond acceptors (Lipinski definition) is 1. The zero-order valence-corrected chi connectivity index (χ0v) is 14.8. The van der Waals surface area contributed by atoms with E-state index in [4.69, 9.17) is 11.6 Å². The number of hydrogen-bond donors (Lipinski definition) is 1. The fraction of sp³-hybridized carbons (Fsp3) is 0.118. The van der Waals surface area contributed by atoms with Crippen LogP contribution in [0.2, 0.25) is 5.02 Å². The molecule has 1 amide bonds. The van der Waals surface area contributed by atoms with Gasteiger partial charge in [0.15, 0.2) is 5.82 Å². The molecule has 0 spiro atoms. The Morgan fingerprint density at radius 3 is 2.74 bits per heavy atom. The van der Waals surface area contributed by atoms with Crippen LogP contribution in [-0.2, 0) is 7.05 Å². The van der Waals surface area contributed by atoms with Crippen molar-refractivity contribution in [1.82, 2.24) is 4.57 Å². The van der Waals surface area contributed by atoms with Crippen LogP contribution >= 0.6 is 27.5 Å². The summed E-state index contributed by atoms with van der Waals surface area (Å²) in [5.74, 6) is -0.824. The molecule has 0 bridgehead atoms. The second-order valence-corrected chi connectivity index (χ2v) is 6.57. The van der Waals surface area contributed by atoms with E-state index in [1.165, 1.54) is 6.07 Å². The van der Waals surface area contributed by atoms with E-state index in [1.54, 1.807) is 42.8 Å². The maximum Gasteiger partial charge on any atom is 0.272 e. The molecule has 0 fully saturated rings. The number of nitrogens with zero attached hydrogens (tertiary/aromatic N) is 1. The first-order valence-electron chi connectivity index (χ1n) is 6.89. The van der Waals surface area contributed by atoms with Gasteiger partial charge in [-0.05, 0) is 43.3 Å². The molecule has 0 aliphatic heterocycles. The third kappa shape index (κ3) is 2.86. The Morgan fingerprint density at radius 2 is 2.00 bits per heavy atom. The molecule has 6 heteroatoms. The van der Waals surface area contributed by atoms with Crippen molar-refractivity contribution in [3.05, 3.63) is 63.0 Å². The Labute approximate surface area is 146 Å². The maximum atomic E-state index is 14.2. The molecule has 0 atom stereocenters. The standard InChI is InChI=1S/C17H13BrClFN2O/c1-9-12(18)4-5-13(16(9)20)21-17(23)15-8-10-7-11(19)3-6-14(10)22(15)2/h3-8H,1-2H3,(H,21,23). The molecule has 0 unspecified atom stereocenters. The molecule has 118 valence electrons. The lowest BCUT2D eigenvalue weighted by Gasteiger charge is -2.10. The lowest BCUT2D eigenvalue weighted by Crippen LogP contribution is -2.16. The summed E-state index contributed by atoms with van der Waals surface area (Å²) in [6.45, 7) is 1.65. The summed E-state index contributed by atoms with van der Waals surface area (Å²) in [7, 11) is 1.79. The van der Waals surface area contributed by atoms with Crippen LogP contribution in [0.25, 0.3) is 10.9 Å². The quantitative estimate of drug-likeness (QED) is 0.628. The first kappa shape index (κ1) is 16.0. The lowest BCUT2D eigenvalue weighted by molar-refractivity contribution is 0.101. The Kier molecular flexibility index (Phi) is 4.17. The van der Waals surface area contributed by atoms with E-state index in [1.807, 2.05) is 6.07 Å². The Balaban J connectivity index is 1.98. The van der Waals surface area contributed by atoms with Gasteiger partial charge in [0.05, 0.1) is 5.69 Å². The van der Waals surface area contributed by atoms with Crippen molar-refractivity contribution in [2.45, 2.75) is 6.92 Å². The third-order valence-electron chi connectivity index (χ3n) is 3.81. The maximum absolute atomic E-state index is 14.2. The number of anilines is 1. The van der Waals surface area contributed by atoms with E-state index < -0.39 is 5.82 Å². The number of amides is 1. The van der Waals surface area contributed by atoms with Crippen LogP contribution in [0.5, 0.6) is 0 Å². The van der Waals surface area contributed by atoms with E-state index in [2.05, 4.69) is 21.2 Å². The molecule has 0 aliphatic rings. The van der Waals surface area contributed by atoms with Crippen LogP contribution in [0.1, 0.15) is 16.1 Å². The van der Waals surface area contributed by atoms with Gasteiger partial charge in [-0.3, -0.25) is 4.79 Å². The molecule has 1 heterocycles. The van der Waals surface area contributed by atoms with Crippen LogP contribution in [0.4, 0.5) is 10.1 Å². The summed E-state index contributed by atoms with van der Waals surface area (Å²) in [5, 5.41) is 4.08. The molecule has 0 saturated heterocycles. The van der Waals surface area contributed by atoms with E-state index in [0.29, 0.717) is 20.8 Å². The summed E-state index contributed by atoms with van der Waals surface area (Å²) in [6.07, 6.45) is 0. The van der Waals surface area contributed by atoms with Crippen molar-refractivity contribution >= 4 is 50.0 Å². The number of halogens is 3. The summed E-state index contributed by atoms with van der Waals surface area (Å²) in [4.78, 5) is 12.5. The summed E-state index contributed by atoms with van der Waals surface area (Å²) in [5.41, 5.74) is 1.92. The van der Waals surface area contributed by atoms with Gasteiger partial charge in [0.25, 0.3) is 5.91 Å². The highest BCUT2D eigenvalue weighted by atomic mass is 79.9. The molecule has 3 rings (SSSR count). The molecule has 0 radical (unpaired) electrons. The number of rotatable bonds is 2. The fourth-order valence-electron chi connectivity index (χ4n) is 2.48. The Hall–Kier alpha value is -1.85. The molecule has 3 aromatic rings. The second-order valence-electron chi connectivity index (χ2n) is 5.28. The van der Waals surface area contributed by atoms with E-state index in [9.17, 15) is 9.18 Å². The Morgan fingerprint density at radius 1 is 1.26 bits per heavy atom. The fourth-order valence-corrected chi connectivity index (χ4v) is 2.97. The van der Waals surface area contributed by atoms with E-state index >= 15 is 0 Å². The number of carbonyl (C=O) groups excluding carboxylic acids is 1. The lowest BCUT2D eigenvalue weighted by atomic mass is 10.2. The number of nitrogens with one attached hydrogen (secondary N) is 1. The highest BCUT2D eigenvalue weighted by Gasteiger charge is 2.16. The molecular formula is C17H13BrClFN2O. The van der Waals surface area contributed by atoms with Gasteiger partial charge in [-0.1, -0.05) is 27.5 Å². The summed E-state index contributed by atoms with van der Waals surface area (Å²) < 4.78 is 16.6. The second kappa shape index (κ2) is 5.98. The predicted molar refractivity (Wildman–Crippen MR) is 94.7 cm³/mol. The number of benzene rings is 2. The van der Waals surface area contributed by atoms with Gasteiger partial charge in [0.1, 0.15) is 5.69 Å². The minimum absolute atomic E-state index is 0.152. The highest BCUT2D eigenvalue weighted by Crippen LogP contribution is 2.27. The first-order chi connectivity index (χ1) is 10.9. The van der Waals surface area contributed by atoms with Gasteiger partial charge in [-0.15, -0.1) is 0 Å². The van der Waals surface area contributed by atoms with Crippen LogP contribution < -0.4 is 5.32 Å². The van der Waals surface area contributed by atoms with Gasteiger partial charge in [0, 0.05) is 33.0 Å². The van der Waals surface area contributed by atoms with Crippen molar-refractivity contribution in [1.29, 1.82) is 0 Å². The van der Waals surface area contributed by atoms with Crippen molar-refractivity contribution in [3.63, 3.8) is 0 Å². The van der Waals surface area contributed by atoms with Gasteiger partial charge < -0.3 is 9.88 Å². The van der Waals surface area contributed by atoms with E-state index in [0.717, 1.165) is 10.9 Å². The highest BCUT2D eigenvalue weighted by molar-refractivity contribution is 9.10. The number of aromatic nitrogens is 1. The van der Waals surface area contributed by atoms with Crippen molar-refractivity contribution in [3.8, 4) is 0 Å². The minimum Gasteiger partial charge on any atom is -0.340 e. The third-order valence-corrected chi connectivity index (χ3v) is 4.90. The zero-order valence-electron chi connectivity index (χ0n) is 12.5. The molecule has 0 saturated carbocycles. The van der Waals surface area contributed by atoms with Crippen LogP contribution in [0, 0.1) is 12.7 Å². The summed E-state index contributed by atoms with van der Waals surface area (Å²) in [6, 6.07) is 10.4. The van der Waals surface area contributed by atoms with Crippen molar-refractivity contribution in [2.75, 3.05) is 5.32 Å². The monoisotopic (exact) mass is 394 g/mol. The van der Waals surface area contributed by atoms with Crippen LogP contribution in [-0.4, -0.2) is 10.5 Å². The normalized spacial score (nSPS) is 11.0. The average molecular weight is 396 g/mol. The molecule has 1 N–H and O–H groups in total. The molecule has 23 heavy (non-hydrogen) atoms. The Bertz CT molecular complexity index is 936. The molecule has 0 aliphatic carbocycles. The molecular weight excluding hydrogens is 383 g/mol. The zero-order chi connectivity index (χ0) is 16.7. The molecule has 1 aromatic heterocycles.